The topological polar surface area (TPSA) is 58.9 Å². The Morgan fingerprint density at radius 2 is 2.00 bits per heavy atom. The standard InChI is InChI=1S/C12H19BO4/c1-12(2,16-3)7-8-17-11-6-4-5-10(9-11)13(14)15/h4-6,9,14-15H,7-8H2,1-3H3. The van der Waals surface area contributed by atoms with Gasteiger partial charge in [0, 0.05) is 13.5 Å². The zero-order valence-electron chi connectivity index (χ0n) is 10.5. The van der Waals surface area contributed by atoms with Crippen LogP contribution in [0.3, 0.4) is 0 Å². The second kappa shape index (κ2) is 6.05. The average Bonchev–Trinajstić information content (AvgIpc) is 2.29. The van der Waals surface area contributed by atoms with Gasteiger partial charge in [-0.3, -0.25) is 0 Å². The molecular formula is C12H19BO4. The fourth-order valence-corrected chi connectivity index (χ4v) is 1.28. The lowest BCUT2D eigenvalue weighted by Gasteiger charge is -2.22. The van der Waals surface area contributed by atoms with Gasteiger partial charge < -0.3 is 19.5 Å². The van der Waals surface area contributed by atoms with Crippen LogP contribution in [0.5, 0.6) is 5.75 Å². The molecule has 0 aromatic heterocycles. The zero-order chi connectivity index (χ0) is 12.9. The summed E-state index contributed by atoms with van der Waals surface area (Å²) in [6, 6.07) is 6.76. The molecule has 0 aliphatic heterocycles. The molecule has 0 aliphatic rings. The number of benzene rings is 1. The van der Waals surface area contributed by atoms with Crippen LogP contribution in [0.1, 0.15) is 20.3 Å². The minimum Gasteiger partial charge on any atom is -0.494 e. The monoisotopic (exact) mass is 238 g/mol. The van der Waals surface area contributed by atoms with Crippen molar-refractivity contribution in [1.29, 1.82) is 0 Å². The van der Waals surface area contributed by atoms with E-state index in [4.69, 9.17) is 19.5 Å². The lowest BCUT2D eigenvalue weighted by atomic mass is 9.80. The van der Waals surface area contributed by atoms with Gasteiger partial charge in [-0.1, -0.05) is 12.1 Å². The highest BCUT2D eigenvalue weighted by atomic mass is 16.5. The molecule has 0 atom stereocenters. The molecule has 1 rings (SSSR count). The Morgan fingerprint density at radius 1 is 1.29 bits per heavy atom. The molecule has 4 nitrogen and oxygen atoms in total. The van der Waals surface area contributed by atoms with E-state index in [0.717, 1.165) is 6.42 Å². The lowest BCUT2D eigenvalue weighted by Crippen LogP contribution is -2.29. The summed E-state index contributed by atoms with van der Waals surface area (Å²) in [5, 5.41) is 18.0. The Kier molecular flexibility index (Phi) is 4.99. The summed E-state index contributed by atoms with van der Waals surface area (Å²) in [5.74, 6) is 0.627. The Hall–Kier alpha value is -1.04. The summed E-state index contributed by atoms with van der Waals surface area (Å²) < 4.78 is 10.8. The first kappa shape index (κ1) is 14.0. The van der Waals surface area contributed by atoms with Gasteiger partial charge in [0.2, 0.25) is 0 Å². The predicted molar refractivity (Wildman–Crippen MR) is 67.5 cm³/mol. The molecule has 0 spiro atoms. The van der Waals surface area contributed by atoms with Gasteiger partial charge in [-0.25, -0.2) is 0 Å². The Labute approximate surface area is 102 Å². The minimum atomic E-state index is -1.46. The van der Waals surface area contributed by atoms with Gasteiger partial charge in [-0.05, 0) is 31.4 Å². The predicted octanol–water partition coefficient (Wildman–Crippen LogP) is 0.560. The molecule has 17 heavy (non-hydrogen) atoms. The van der Waals surface area contributed by atoms with Crippen LogP contribution in [0.2, 0.25) is 0 Å². The normalized spacial score (nSPS) is 11.4. The maximum Gasteiger partial charge on any atom is 0.488 e. The number of hydrogen-bond donors (Lipinski definition) is 2. The van der Waals surface area contributed by atoms with E-state index in [2.05, 4.69) is 0 Å². The van der Waals surface area contributed by atoms with E-state index in [-0.39, 0.29) is 5.60 Å². The van der Waals surface area contributed by atoms with Gasteiger partial charge in [0.15, 0.2) is 0 Å². The number of ether oxygens (including phenoxy) is 2. The molecule has 0 amide bonds. The van der Waals surface area contributed by atoms with Crippen molar-refractivity contribution >= 4 is 12.6 Å². The van der Waals surface area contributed by atoms with Crippen molar-refractivity contribution in [2.24, 2.45) is 0 Å². The third-order valence-electron chi connectivity index (χ3n) is 2.68. The number of rotatable bonds is 6. The van der Waals surface area contributed by atoms with Crippen LogP contribution >= 0.6 is 0 Å². The summed E-state index contributed by atoms with van der Waals surface area (Å²) in [6.07, 6.45) is 0.759. The van der Waals surface area contributed by atoms with Crippen molar-refractivity contribution in [3.05, 3.63) is 24.3 Å². The summed E-state index contributed by atoms with van der Waals surface area (Å²) >= 11 is 0. The van der Waals surface area contributed by atoms with Crippen LogP contribution < -0.4 is 10.2 Å². The van der Waals surface area contributed by atoms with Crippen LogP contribution in [0.25, 0.3) is 0 Å². The van der Waals surface area contributed by atoms with Crippen molar-refractivity contribution in [1.82, 2.24) is 0 Å². The second-order valence-electron chi connectivity index (χ2n) is 4.51. The molecule has 0 heterocycles. The quantitative estimate of drug-likeness (QED) is 0.711. The van der Waals surface area contributed by atoms with Gasteiger partial charge in [-0.15, -0.1) is 0 Å². The molecule has 0 aliphatic carbocycles. The van der Waals surface area contributed by atoms with Gasteiger partial charge in [0.05, 0.1) is 12.2 Å². The lowest BCUT2D eigenvalue weighted by molar-refractivity contribution is 0.00546. The molecule has 0 radical (unpaired) electrons. The summed E-state index contributed by atoms with van der Waals surface area (Å²) in [4.78, 5) is 0. The van der Waals surface area contributed by atoms with Crippen molar-refractivity contribution in [3.63, 3.8) is 0 Å². The summed E-state index contributed by atoms with van der Waals surface area (Å²) in [6.45, 7) is 4.50. The molecule has 2 N–H and O–H groups in total. The first-order chi connectivity index (χ1) is 7.94. The fraction of sp³-hybridized carbons (Fsp3) is 0.500. The Morgan fingerprint density at radius 3 is 2.59 bits per heavy atom. The fourth-order valence-electron chi connectivity index (χ4n) is 1.28. The molecule has 5 heteroatoms. The summed E-state index contributed by atoms with van der Waals surface area (Å²) in [7, 11) is 0.205. The molecule has 0 fully saturated rings. The first-order valence-electron chi connectivity index (χ1n) is 5.59. The third kappa shape index (κ3) is 4.77. The van der Waals surface area contributed by atoms with Crippen molar-refractivity contribution in [3.8, 4) is 5.75 Å². The van der Waals surface area contributed by atoms with Gasteiger partial charge >= 0.3 is 7.12 Å². The maximum atomic E-state index is 9.02. The van der Waals surface area contributed by atoms with Crippen LogP contribution in [0.15, 0.2) is 24.3 Å². The van der Waals surface area contributed by atoms with Crippen LogP contribution in [-0.4, -0.2) is 36.5 Å². The van der Waals surface area contributed by atoms with E-state index in [1.165, 1.54) is 0 Å². The highest BCUT2D eigenvalue weighted by Crippen LogP contribution is 2.14. The van der Waals surface area contributed by atoms with Crippen molar-refractivity contribution in [2.75, 3.05) is 13.7 Å². The largest absolute Gasteiger partial charge is 0.494 e. The number of hydrogen-bond acceptors (Lipinski definition) is 4. The maximum absolute atomic E-state index is 9.02. The molecule has 94 valence electrons. The smallest absolute Gasteiger partial charge is 0.488 e. The molecule has 0 saturated carbocycles. The van der Waals surface area contributed by atoms with E-state index in [1.54, 1.807) is 31.4 Å². The summed E-state index contributed by atoms with van der Waals surface area (Å²) in [5.41, 5.74) is 0.210. The minimum absolute atomic E-state index is 0.214. The molecule has 1 aromatic rings. The highest BCUT2D eigenvalue weighted by Gasteiger charge is 2.16. The molecule has 0 saturated heterocycles. The van der Waals surface area contributed by atoms with E-state index < -0.39 is 7.12 Å². The SMILES string of the molecule is COC(C)(C)CCOc1cccc(B(O)O)c1. The molecule has 0 bridgehead atoms. The van der Waals surface area contributed by atoms with Crippen LogP contribution in [0, 0.1) is 0 Å². The van der Waals surface area contributed by atoms with E-state index >= 15 is 0 Å². The molecular weight excluding hydrogens is 219 g/mol. The van der Waals surface area contributed by atoms with Crippen molar-refractivity contribution in [2.45, 2.75) is 25.9 Å². The highest BCUT2D eigenvalue weighted by molar-refractivity contribution is 6.58. The molecule has 0 unspecified atom stereocenters. The Balaban J connectivity index is 2.50. The van der Waals surface area contributed by atoms with E-state index in [1.807, 2.05) is 13.8 Å². The van der Waals surface area contributed by atoms with Gasteiger partial charge in [0.25, 0.3) is 0 Å². The van der Waals surface area contributed by atoms with Crippen LogP contribution in [-0.2, 0) is 4.74 Å². The van der Waals surface area contributed by atoms with E-state index in [9.17, 15) is 0 Å². The van der Waals surface area contributed by atoms with Gasteiger partial charge in [0.1, 0.15) is 5.75 Å². The van der Waals surface area contributed by atoms with Crippen LogP contribution in [0.4, 0.5) is 0 Å². The van der Waals surface area contributed by atoms with Crippen molar-refractivity contribution < 1.29 is 19.5 Å². The average molecular weight is 238 g/mol. The third-order valence-corrected chi connectivity index (χ3v) is 2.68. The molecule has 1 aromatic carbocycles. The second-order valence-corrected chi connectivity index (χ2v) is 4.51. The zero-order valence-corrected chi connectivity index (χ0v) is 10.5. The number of methoxy groups -OCH3 is 1. The first-order valence-corrected chi connectivity index (χ1v) is 5.59. The Bertz CT molecular complexity index is 352. The van der Waals surface area contributed by atoms with Gasteiger partial charge in [-0.2, -0.15) is 0 Å². The van der Waals surface area contributed by atoms with E-state index in [0.29, 0.717) is 17.8 Å².